The van der Waals surface area contributed by atoms with Crippen LogP contribution in [0.5, 0.6) is 0 Å². The number of nitrogens with one attached hydrogen (secondary N) is 1. The first-order chi connectivity index (χ1) is 12.1. The topological polar surface area (TPSA) is 124 Å². The molecule has 2 unspecified atom stereocenters. The van der Waals surface area contributed by atoms with Crippen molar-refractivity contribution in [3.8, 4) is 0 Å². The van der Waals surface area contributed by atoms with Crippen LogP contribution in [0.4, 0.5) is 0 Å². The molecule has 3 atom stereocenters. The van der Waals surface area contributed by atoms with E-state index in [1.165, 1.54) is 28.8 Å². The molecule has 8 nitrogen and oxygen atoms in total. The lowest BCUT2D eigenvalue weighted by atomic mass is 9.96. The molecule has 2 aliphatic rings. The van der Waals surface area contributed by atoms with Crippen molar-refractivity contribution in [3.63, 3.8) is 0 Å². The van der Waals surface area contributed by atoms with Crippen molar-refractivity contribution in [1.29, 1.82) is 0 Å². The summed E-state index contributed by atoms with van der Waals surface area (Å²) in [6.45, 7) is 3.52. The van der Waals surface area contributed by atoms with Gasteiger partial charge in [0.25, 0.3) is 0 Å². The molecule has 2 aliphatic heterocycles. The number of amides is 2. The smallest absolute Gasteiger partial charge is 0.335 e. The predicted molar refractivity (Wildman–Crippen MR) is 92.8 cm³/mol. The Hall–Kier alpha value is -2.55. The average molecular weight is 378 g/mol. The summed E-state index contributed by atoms with van der Waals surface area (Å²) in [5.74, 6) is -2.97. The molecular weight excluding hydrogens is 360 g/mol. The zero-order valence-electron chi connectivity index (χ0n) is 14.1. The maximum absolute atomic E-state index is 12.3. The quantitative estimate of drug-likeness (QED) is 0.640. The van der Waals surface area contributed by atoms with Gasteiger partial charge in [0.2, 0.25) is 11.8 Å². The first-order valence-corrected chi connectivity index (χ1v) is 8.84. The Morgan fingerprint density at radius 2 is 1.96 bits per heavy atom. The molecule has 9 heteroatoms. The largest absolute Gasteiger partial charge is 0.480 e. The van der Waals surface area contributed by atoms with Gasteiger partial charge in [0.1, 0.15) is 17.5 Å². The number of thioether (sulfide) groups is 1. The van der Waals surface area contributed by atoms with Crippen LogP contribution in [0.3, 0.4) is 0 Å². The number of hydrogen-bond donors (Lipinski definition) is 3. The highest BCUT2D eigenvalue weighted by Crippen LogP contribution is 2.50. The Kier molecular flexibility index (Phi) is 4.43. The van der Waals surface area contributed by atoms with E-state index in [4.69, 9.17) is 5.11 Å². The van der Waals surface area contributed by atoms with E-state index >= 15 is 0 Å². The van der Waals surface area contributed by atoms with Gasteiger partial charge in [0.15, 0.2) is 0 Å². The highest BCUT2D eigenvalue weighted by molar-refractivity contribution is 8.01. The summed E-state index contributed by atoms with van der Waals surface area (Å²) in [4.78, 5) is 48.3. The summed E-state index contributed by atoms with van der Waals surface area (Å²) in [5, 5.41) is 20.6. The van der Waals surface area contributed by atoms with Crippen LogP contribution in [-0.2, 0) is 20.8 Å². The van der Waals surface area contributed by atoms with Gasteiger partial charge in [-0.3, -0.25) is 9.59 Å². The van der Waals surface area contributed by atoms with Crippen LogP contribution in [0, 0.1) is 0 Å². The monoisotopic (exact) mass is 378 g/mol. The van der Waals surface area contributed by atoms with Gasteiger partial charge in [-0.2, -0.15) is 0 Å². The summed E-state index contributed by atoms with van der Waals surface area (Å²) >= 11 is 1.35. The standard InChI is InChI=1S/C17H18N2O6S/c1-17(2)12(16(24)25)19-13(21)11(14(19)26-17)18-10(20)7-8-4-3-5-9(6-8)15(22)23/h3-6,11-12,14H,7H2,1-2H3,(H,18,20)(H,22,23)(H,24,25)/t11?,12?,14-/m1/s1. The van der Waals surface area contributed by atoms with Crippen molar-refractivity contribution in [2.45, 2.75) is 42.5 Å². The Morgan fingerprint density at radius 3 is 2.58 bits per heavy atom. The van der Waals surface area contributed by atoms with Gasteiger partial charge in [0.05, 0.1) is 12.0 Å². The number of benzene rings is 1. The van der Waals surface area contributed by atoms with E-state index in [-0.39, 0.29) is 12.0 Å². The van der Waals surface area contributed by atoms with E-state index in [1.54, 1.807) is 26.0 Å². The first-order valence-electron chi connectivity index (χ1n) is 7.96. The molecule has 0 aliphatic carbocycles. The molecule has 0 spiro atoms. The maximum atomic E-state index is 12.3. The second kappa shape index (κ2) is 6.31. The number of carboxylic acids is 2. The minimum atomic E-state index is -1.08. The van der Waals surface area contributed by atoms with Gasteiger partial charge in [-0.15, -0.1) is 11.8 Å². The zero-order valence-corrected chi connectivity index (χ0v) is 14.9. The number of fused-ring (bicyclic) bond motifs is 1. The highest BCUT2D eigenvalue weighted by atomic mass is 32.2. The molecule has 3 rings (SSSR count). The van der Waals surface area contributed by atoms with Crippen LogP contribution in [-0.4, -0.2) is 61.1 Å². The minimum absolute atomic E-state index is 0.0615. The molecule has 138 valence electrons. The van der Waals surface area contributed by atoms with E-state index in [1.807, 2.05) is 0 Å². The van der Waals surface area contributed by atoms with Crippen LogP contribution >= 0.6 is 11.8 Å². The second-order valence-corrected chi connectivity index (χ2v) is 8.60. The molecule has 0 aromatic heterocycles. The van der Waals surface area contributed by atoms with Crippen molar-refractivity contribution in [2.24, 2.45) is 0 Å². The van der Waals surface area contributed by atoms with E-state index < -0.39 is 46.0 Å². The fourth-order valence-corrected chi connectivity index (χ4v) is 4.99. The third-order valence-corrected chi connectivity index (χ3v) is 6.10. The number of carbonyl (C=O) groups excluding carboxylic acids is 2. The Morgan fingerprint density at radius 1 is 1.27 bits per heavy atom. The summed E-state index contributed by atoms with van der Waals surface area (Å²) in [6.07, 6.45) is -0.0615. The lowest BCUT2D eigenvalue weighted by molar-refractivity contribution is -0.161. The summed E-state index contributed by atoms with van der Waals surface area (Å²) < 4.78 is -0.651. The van der Waals surface area contributed by atoms with Gasteiger partial charge in [-0.25, -0.2) is 9.59 Å². The number of rotatable bonds is 5. The Balaban J connectivity index is 1.67. The molecule has 1 aromatic rings. The molecular formula is C17H18N2O6S. The molecule has 2 heterocycles. The third kappa shape index (κ3) is 3.03. The lowest BCUT2D eigenvalue weighted by Gasteiger charge is -2.43. The molecule has 0 saturated carbocycles. The normalized spacial score (nSPS) is 26.0. The van der Waals surface area contributed by atoms with Gasteiger partial charge in [0, 0.05) is 4.75 Å². The van der Waals surface area contributed by atoms with Gasteiger partial charge in [-0.1, -0.05) is 12.1 Å². The number of carboxylic acid groups (broad SMARTS) is 2. The summed E-state index contributed by atoms with van der Waals surface area (Å²) in [7, 11) is 0. The number of β-lactam (4-membered cyclic amide) rings is 1. The van der Waals surface area contributed by atoms with Crippen LogP contribution in [0.25, 0.3) is 0 Å². The SMILES string of the molecule is CC1(C)S[C@@H]2C(NC(=O)Cc3cccc(C(=O)O)c3)C(=O)N2C1C(=O)O. The number of hydrogen-bond acceptors (Lipinski definition) is 5. The van der Waals surface area contributed by atoms with Crippen molar-refractivity contribution in [2.75, 3.05) is 0 Å². The molecule has 2 amide bonds. The number of aliphatic carboxylic acids is 1. The molecule has 2 saturated heterocycles. The van der Waals surface area contributed by atoms with E-state index in [0.29, 0.717) is 5.56 Å². The molecule has 26 heavy (non-hydrogen) atoms. The van der Waals surface area contributed by atoms with Gasteiger partial charge >= 0.3 is 11.9 Å². The maximum Gasteiger partial charge on any atom is 0.335 e. The molecule has 3 N–H and O–H groups in total. The predicted octanol–water partition coefficient (Wildman–Crippen LogP) is 0.559. The Bertz CT molecular complexity index is 808. The second-order valence-electron chi connectivity index (χ2n) is 6.83. The zero-order chi connectivity index (χ0) is 19.2. The molecule has 0 bridgehead atoms. The first kappa shape index (κ1) is 18.2. The summed E-state index contributed by atoms with van der Waals surface area (Å²) in [6, 6.07) is 4.33. The van der Waals surface area contributed by atoms with Crippen molar-refractivity contribution >= 4 is 35.5 Å². The summed E-state index contributed by atoms with van der Waals surface area (Å²) in [5.41, 5.74) is 0.604. The average Bonchev–Trinajstić information content (AvgIpc) is 2.81. The third-order valence-electron chi connectivity index (χ3n) is 4.53. The fraction of sp³-hybridized carbons (Fsp3) is 0.412. The van der Waals surface area contributed by atoms with E-state index in [0.717, 1.165) is 0 Å². The van der Waals surface area contributed by atoms with Crippen LogP contribution in [0.2, 0.25) is 0 Å². The minimum Gasteiger partial charge on any atom is -0.480 e. The van der Waals surface area contributed by atoms with Crippen molar-refractivity contribution in [1.82, 2.24) is 10.2 Å². The van der Waals surface area contributed by atoms with Gasteiger partial charge in [-0.05, 0) is 31.5 Å². The van der Waals surface area contributed by atoms with E-state index in [2.05, 4.69) is 5.32 Å². The van der Waals surface area contributed by atoms with Gasteiger partial charge < -0.3 is 20.4 Å². The fourth-order valence-electron chi connectivity index (χ4n) is 3.37. The van der Waals surface area contributed by atoms with Crippen molar-refractivity contribution < 1.29 is 29.4 Å². The number of aromatic carboxylic acids is 1. The molecule has 0 radical (unpaired) electrons. The number of nitrogens with zero attached hydrogens (tertiary/aromatic N) is 1. The van der Waals surface area contributed by atoms with Crippen LogP contribution < -0.4 is 5.32 Å². The Labute approximate surface area is 153 Å². The van der Waals surface area contributed by atoms with Crippen LogP contribution in [0.1, 0.15) is 29.8 Å². The highest BCUT2D eigenvalue weighted by Gasteiger charge is 2.64. The lowest BCUT2D eigenvalue weighted by Crippen LogP contribution is -2.70. The number of carbonyl (C=O) groups is 4. The van der Waals surface area contributed by atoms with Crippen molar-refractivity contribution in [3.05, 3.63) is 35.4 Å². The van der Waals surface area contributed by atoms with Crippen LogP contribution in [0.15, 0.2) is 24.3 Å². The molecule has 2 fully saturated rings. The van der Waals surface area contributed by atoms with E-state index in [9.17, 15) is 24.3 Å². The molecule has 1 aromatic carbocycles.